The van der Waals surface area contributed by atoms with Gasteiger partial charge in [0.25, 0.3) is 5.91 Å². The van der Waals surface area contributed by atoms with Crippen LogP contribution >= 0.6 is 11.6 Å². The van der Waals surface area contributed by atoms with Crippen LogP contribution in [0.4, 0.5) is 0 Å². The van der Waals surface area contributed by atoms with Gasteiger partial charge in [-0.05, 0) is 45.9 Å². The second-order valence-corrected chi connectivity index (χ2v) is 8.16. The number of nitrogens with zero attached hydrogens (tertiary/aromatic N) is 3. The fourth-order valence-corrected chi connectivity index (χ4v) is 3.61. The fourth-order valence-electron chi connectivity index (χ4n) is 3.43. The summed E-state index contributed by atoms with van der Waals surface area (Å²) in [4.78, 5) is 29.1. The van der Waals surface area contributed by atoms with Gasteiger partial charge in [-0.1, -0.05) is 22.8 Å². The molecule has 7 nitrogen and oxygen atoms in total. The predicted molar refractivity (Wildman–Crippen MR) is 109 cm³/mol. The first-order valence-electron chi connectivity index (χ1n) is 9.61. The maximum absolute atomic E-state index is 13.0. The van der Waals surface area contributed by atoms with Crippen molar-refractivity contribution in [3.8, 4) is 5.75 Å². The third-order valence-electron chi connectivity index (χ3n) is 5.11. The molecule has 3 rings (SSSR count). The lowest BCUT2D eigenvalue weighted by molar-refractivity contribution is -0.149. The number of carbonyl (C=O) groups excluding carboxylic acids is 2. The van der Waals surface area contributed by atoms with E-state index in [4.69, 9.17) is 20.9 Å². The van der Waals surface area contributed by atoms with Crippen LogP contribution in [0.5, 0.6) is 5.75 Å². The summed E-state index contributed by atoms with van der Waals surface area (Å²) in [5, 5.41) is 4.45. The SMILES string of the molecule is Cc1noc(C)c1CC(=O)N1CCN(C(=O)C(C)(C)Oc2cccc(Cl)c2)CC1. The molecule has 1 aliphatic heterocycles. The van der Waals surface area contributed by atoms with Gasteiger partial charge in [0.15, 0.2) is 5.60 Å². The lowest BCUT2D eigenvalue weighted by Gasteiger charge is -2.38. The van der Waals surface area contributed by atoms with Crippen LogP contribution < -0.4 is 4.74 Å². The second kappa shape index (κ2) is 8.45. The van der Waals surface area contributed by atoms with E-state index in [0.29, 0.717) is 42.7 Å². The Kier molecular flexibility index (Phi) is 6.17. The Morgan fingerprint density at radius 2 is 1.83 bits per heavy atom. The number of carbonyl (C=O) groups is 2. The Balaban J connectivity index is 1.56. The minimum atomic E-state index is -1.03. The number of piperazine rings is 1. The van der Waals surface area contributed by atoms with Gasteiger partial charge < -0.3 is 19.1 Å². The summed E-state index contributed by atoms with van der Waals surface area (Å²) < 4.78 is 11.0. The zero-order valence-electron chi connectivity index (χ0n) is 17.2. The maximum Gasteiger partial charge on any atom is 0.266 e. The molecule has 0 saturated carbocycles. The molecule has 1 aromatic carbocycles. The van der Waals surface area contributed by atoms with Crippen LogP contribution in [0.3, 0.4) is 0 Å². The average molecular weight is 420 g/mol. The van der Waals surface area contributed by atoms with Crippen molar-refractivity contribution in [1.29, 1.82) is 0 Å². The highest BCUT2D eigenvalue weighted by molar-refractivity contribution is 6.30. The quantitative estimate of drug-likeness (QED) is 0.744. The van der Waals surface area contributed by atoms with E-state index in [9.17, 15) is 9.59 Å². The lowest BCUT2D eigenvalue weighted by atomic mass is 10.1. The monoisotopic (exact) mass is 419 g/mol. The molecule has 1 saturated heterocycles. The molecule has 156 valence electrons. The highest BCUT2D eigenvalue weighted by atomic mass is 35.5. The van der Waals surface area contributed by atoms with E-state index in [0.717, 1.165) is 11.3 Å². The molecule has 1 aromatic heterocycles. The first-order valence-corrected chi connectivity index (χ1v) is 9.98. The minimum Gasteiger partial charge on any atom is -0.478 e. The molecule has 1 fully saturated rings. The van der Waals surface area contributed by atoms with Crippen LogP contribution in [0, 0.1) is 13.8 Å². The first-order chi connectivity index (χ1) is 13.7. The van der Waals surface area contributed by atoms with E-state index < -0.39 is 5.60 Å². The van der Waals surface area contributed by atoms with Crippen LogP contribution in [0.1, 0.15) is 30.9 Å². The van der Waals surface area contributed by atoms with Crippen LogP contribution in [0.15, 0.2) is 28.8 Å². The van der Waals surface area contributed by atoms with Gasteiger partial charge in [0, 0.05) is 36.8 Å². The van der Waals surface area contributed by atoms with Gasteiger partial charge in [0.1, 0.15) is 11.5 Å². The van der Waals surface area contributed by atoms with Gasteiger partial charge in [-0.25, -0.2) is 0 Å². The molecular weight excluding hydrogens is 394 g/mol. The van der Waals surface area contributed by atoms with Gasteiger partial charge >= 0.3 is 0 Å². The number of amides is 2. The Labute approximate surface area is 175 Å². The van der Waals surface area contributed by atoms with Gasteiger partial charge in [-0.3, -0.25) is 9.59 Å². The summed E-state index contributed by atoms with van der Waals surface area (Å²) in [6.07, 6.45) is 0.262. The van der Waals surface area contributed by atoms with Gasteiger partial charge in [-0.15, -0.1) is 0 Å². The summed E-state index contributed by atoms with van der Waals surface area (Å²) in [5.41, 5.74) is 0.544. The molecule has 8 heteroatoms. The minimum absolute atomic E-state index is 0.0148. The number of aromatic nitrogens is 1. The topological polar surface area (TPSA) is 75.9 Å². The fraction of sp³-hybridized carbons (Fsp3) is 0.476. The van der Waals surface area contributed by atoms with Crippen molar-refractivity contribution < 1.29 is 18.8 Å². The van der Waals surface area contributed by atoms with E-state index in [1.807, 2.05) is 6.92 Å². The van der Waals surface area contributed by atoms with Crippen molar-refractivity contribution in [3.05, 3.63) is 46.3 Å². The van der Waals surface area contributed by atoms with Crippen LogP contribution in [0.2, 0.25) is 5.02 Å². The zero-order chi connectivity index (χ0) is 21.2. The predicted octanol–water partition coefficient (Wildman–Crippen LogP) is 3.02. The summed E-state index contributed by atoms with van der Waals surface area (Å²) in [6.45, 7) is 9.03. The van der Waals surface area contributed by atoms with Crippen molar-refractivity contribution in [1.82, 2.24) is 15.0 Å². The Morgan fingerprint density at radius 3 is 2.41 bits per heavy atom. The van der Waals surface area contributed by atoms with Crippen molar-refractivity contribution in [3.63, 3.8) is 0 Å². The third-order valence-corrected chi connectivity index (χ3v) is 5.35. The maximum atomic E-state index is 13.0. The van der Waals surface area contributed by atoms with Crippen molar-refractivity contribution >= 4 is 23.4 Å². The Morgan fingerprint density at radius 1 is 1.17 bits per heavy atom. The molecular formula is C21H26ClN3O4. The molecule has 2 amide bonds. The molecule has 0 bridgehead atoms. The van der Waals surface area contributed by atoms with E-state index in [2.05, 4.69) is 5.16 Å². The van der Waals surface area contributed by atoms with Crippen LogP contribution in [0.25, 0.3) is 0 Å². The number of hydrogen-bond acceptors (Lipinski definition) is 5. The van der Waals surface area contributed by atoms with Gasteiger partial charge in [0.2, 0.25) is 5.91 Å². The Hall–Kier alpha value is -2.54. The number of hydrogen-bond donors (Lipinski definition) is 0. The summed E-state index contributed by atoms with van der Waals surface area (Å²) in [5.74, 6) is 1.12. The number of ether oxygens (including phenoxy) is 1. The lowest BCUT2D eigenvalue weighted by Crippen LogP contribution is -2.56. The standard InChI is InChI=1S/C21H26ClN3O4/c1-14-18(15(2)29-23-14)13-19(26)24-8-10-25(11-9-24)20(27)21(3,4)28-17-7-5-6-16(22)12-17/h5-7,12H,8-11,13H2,1-4H3. The second-order valence-electron chi connectivity index (χ2n) is 7.72. The smallest absolute Gasteiger partial charge is 0.266 e. The number of aryl methyl sites for hydroxylation is 2. The third kappa shape index (κ3) is 4.90. The molecule has 0 spiro atoms. The first kappa shape index (κ1) is 21.2. The van der Waals surface area contributed by atoms with E-state index in [-0.39, 0.29) is 18.2 Å². The molecule has 0 radical (unpaired) electrons. The highest BCUT2D eigenvalue weighted by Crippen LogP contribution is 2.24. The number of halogens is 1. The van der Waals surface area contributed by atoms with Gasteiger partial charge in [0.05, 0.1) is 12.1 Å². The molecule has 2 heterocycles. The molecule has 0 unspecified atom stereocenters. The van der Waals surface area contributed by atoms with E-state index in [1.165, 1.54) is 0 Å². The average Bonchev–Trinajstić information content (AvgIpc) is 2.99. The van der Waals surface area contributed by atoms with Crippen molar-refractivity contribution in [2.24, 2.45) is 0 Å². The largest absolute Gasteiger partial charge is 0.478 e. The summed E-state index contributed by atoms with van der Waals surface area (Å²) >= 11 is 6.00. The zero-order valence-corrected chi connectivity index (χ0v) is 18.0. The molecule has 2 aromatic rings. The molecule has 1 aliphatic rings. The number of rotatable bonds is 5. The summed E-state index contributed by atoms with van der Waals surface area (Å²) in [6, 6.07) is 6.98. The van der Waals surface area contributed by atoms with Gasteiger partial charge in [-0.2, -0.15) is 0 Å². The molecule has 0 N–H and O–H groups in total. The van der Waals surface area contributed by atoms with Crippen molar-refractivity contribution in [2.75, 3.05) is 26.2 Å². The van der Waals surface area contributed by atoms with Crippen molar-refractivity contribution in [2.45, 2.75) is 39.7 Å². The molecule has 0 aliphatic carbocycles. The summed E-state index contributed by atoms with van der Waals surface area (Å²) in [7, 11) is 0. The van der Waals surface area contributed by atoms with E-state index in [1.54, 1.807) is 54.8 Å². The van der Waals surface area contributed by atoms with E-state index >= 15 is 0 Å². The van der Waals surface area contributed by atoms with Crippen LogP contribution in [-0.2, 0) is 16.0 Å². The van der Waals surface area contributed by atoms with Crippen LogP contribution in [-0.4, -0.2) is 58.6 Å². The highest BCUT2D eigenvalue weighted by Gasteiger charge is 2.36. The molecule has 0 atom stereocenters. The molecule has 29 heavy (non-hydrogen) atoms. The number of benzene rings is 1. The Bertz CT molecular complexity index is 882. The normalized spacial score (nSPS) is 14.8.